The van der Waals surface area contributed by atoms with Crippen molar-refractivity contribution in [3.8, 4) is 0 Å². The topological polar surface area (TPSA) is 41.6 Å². The van der Waals surface area contributed by atoms with E-state index in [2.05, 4.69) is 24.1 Å². The van der Waals surface area contributed by atoms with Gasteiger partial charge in [-0.2, -0.15) is 0 Å². The van der Waals surface area contributed by atoms with Crippen LogP contribution in [0.5, 0.6) is 0 Å². The zero-order valence-electron chi connectivity index (χ0n) is 14.0. The fourth-order valence-electron chi connectivity index (χ4n) is 3.60. The van der Waals surface area contributed by atoms with Crippen molar-refractivity contribution in [1.29, 1.82) is 0 Å². The van der Waals surface area contributed by atoms with E-state index in [1.807, 2.05) is 6.92 Å². The van der Waals surface area contributed by atoms with Crippen molar-refractivity contribution in [3.05, 3.63) is 0 Å². The first kappa shape index (κ1) is 16.8. The zero-order valence-corrected chi connectivity index (χ0v) is 14.0. The van der Waals surface area contributed by atoms with Gasteiger partial charge in [-0.3, -0.25) is 0 Å². The third-order valence-corrected chi connectivity index (χ3v) is 4.82. The number of hydrogen-bond donors (Lipinski definition) is 1. The maximum absolute atomic E-state index is 12.7. The molecule has 4 heteroatoms. The van der Waals surface area contributed by atoms with E-state index >= 15 is 0 Å². The number of carbonyl (C=O) groups excluding carboxylic acids is 1. The van der Waals surface area contributed by atoms with Crippen molar-refractivity contribution in [3.63, 3.8) is 0 Å². The van der Waals surface area contributed by atoms with E-state index in [0.29, 0.717) is 12.5 Å². The quantitative estimate of drug-likeness (QED) is 0.699. The van der Waals surface area contributed by atoms with Crippen molar-refractivity contribution in [2.45, 2.75) is 58.4 Å². The van der Waals surface area contributed by atoms with Crippen LogP contribution in [-0.4, -0.2) is 49.2 Å². The number of carbonyl (C=O) groups is 1. The lowest BCUT2D eigenvalue weighted by Crippen LogP contribution is -2.62. The van der Waals surface area contributed by atoms with Gasteiger partial charge in [-0.25, -0.2) is 4.79 Å². The van der Waals surface area contributed by atoms with Gasteiger partial charge < -0.3 is 15.0 Å². The average Bonchev–Trinajstić information content (AvgIpc) is 3.28. The number of esters is 1. The summed E-state index contributed by atoms with van der Waals surface area (Å²) in [5.41, 5.74) is -0.469. The number of hydrogen-bond acceptors (Lipinski definition) is 4. The molecule has 1 aliphatic carbocycles. The molecule has 0 bridgehead atoms. The molecule has 1 saturated heterocycles. The summed E-state index contributed by atoms with van der Waals surface area (Å²) in [6.45, 7) is 10.8. The van der Waals surface area contributed by atoms with Crippen molar-refractivity contribution >= 4 is 5.97 Å². The fraction of sp³-hybridized carbons (Fsp3) is 0.941. The SMILES string of the molecule is CCCNC(CN1CCCC(C)C1)(C(=O)OCC)C1CC1. The molecule has 1 N–H and O–H groups in total. The third kappa shape index (κ3) is 4.19. The number of rotatable bonds is 8. The highest BCUT2D eigenvalue weighted by atomic mass is 16.5. The van der Waals surface area contributed by atoms with Gasteiger partial charge in [0.1, 0.15) is 5.54 Å². The Hall–Kier alpha value is -0.610. The first-order valence-electron chi connectivity index (χ1n) is 8.77. The summed E-state index contributed by atoms with van der Waals surface area (Å²) in [6, 6.07) is 0. The predicted molar refractivity (Wildman–Crippen MR) is 85.2 cm³/mol. The maximum Gasteiger partial charge on any atom is 0.327 e. The maximum atomic E-state index is 12.7. The van der Waals surface area contributed by atoms with Gasteiger partial charge in [0.25, 0.3) is 0 Å². The molecule has 1 aliphatic heterocycles. The average molecular weight is 296 g/mol. The van der Waals surface area contributed by atoms with Crippen LogP contribution in [-0.2, 0) is 9.53 Å². The van der Waals surface area contributed by atoms with Crippen LogP contribution in [0.15, 0.2) is 0 Å². The monoisotopic (exact) mass is 296 g/mol. The van der Waals surface area contributed by atoms with Crippen molar-refractivity contribution in [2.75, 3.05) is 32.8 Å². The molecule has 1 heterocycles. The molecule has 0 radical (unpaired) electrons. The molecule has 1 saturated carbocycles. The second-order valence-electron chi connectivity index (χ2n) is 6.88. The lowest BCUT2D eigenvalue weighted by atomic mass is 9.90. The number of likely N-dealkylation sites (tertiary alicyclic amines) is 1. The summed E-state index contributed by atoms with van der Waals surface area (Å²) in [5.74, 6) is 1.17. The second-order valence-corrected chi connectivity index (χ2v) is 6.88. The molecule has 2 unspecified atom stereocenters. The summed E-state index contributed by atoms with van der Waals surface area (Å²) < 4.78 is 5.45. The molecular weight excluding hydrogens is 264 g/mol. The normalized spacial score (nSPS) is 26.3. The highest BCUT2D eigenvalue weighted by Gasteiger charge is 2.52. The van der Waals surface area contributed by atoms with Crippen LogP contribution in [0.4, 0.5) is 0 Å². The second kappa shape index (κ2) is 7.59. The summed E-state index contributed by atoms with van der Waals surface area (Å²) in [7, 11) is 0. The molecule has 0 aromatic carbocycles. The Bertz CT molecular complexity index is 344. The summed E-state index contributed by atoms with van der Waals surface area (Å²) in [4.78, 5) is 15.2. The van der Waals surface area contributed by atoms with Gasteiger partial charge in [-0.15, -0.1) is 0 Å². The zero-order chi connectivity index (χ0) is 15.3. The van der Waals surface area contributed by atoms with Gasteiger partial charge in [0, 0.05) is 13.1 Å². The van der Waals surface area contributed by atoms with Gasteiger partial charge in [0.15, 0.2) is 0 Å². The van der Waals surface area contributed by atoms with Crippen LogP contribution in [0.25, 0.3) is 0 Å². The van der Waals surface area contributed by atoms with Gasteiger partial charge in [0.2, 0.25) is 0 Å². The molecule has 0 amide bonds. The Kier molecular flexibility index (Phi) is 6.06. The van der Waals surface area contributed by atoms with Gasteiger partial charge in [0.05, 0.1) is 6.61 Å². The molecule has 122 valence electrons. The number of nitrogens with one attached hydrogen (secondary N) is 1. The summed E-state index contributed by atoms with van der Waals surface area (Å²) >= 11 is 0. The number of ether oxygens (including phenoxy) is 1. The molecule has 2 atom stereocenters. The smallest absolute Gasteiger partial charge is 0.327 e. The van der Waals surface area contributed by atoms with E-state index in [1.54, 1.807) is 0 Å². The van der Waals surface area contributed by atoms with Crippen molar-refractivity contribution in [1.82, 2.24) is 10.2 Å². The van der Waals surface area contributed by atoms with E-state index < -0.39 is 5.54 Å². The molecule has 2 aliphatic rings. The number of nitrogens with zero attached hydrogens (tertiary/aromatic N) is 1. The van der Waals surface area contributed by atoms with Gasteiger partial charge in [-0.05, 0) is 64.0 Å². The molecule has 4 nitrogen and oxygen atoms in total. The lowest BCUT2D eigenvalue weighted by molar-refractivity contribution is -0.153. The molecule has 0 aromatic rings. The minimum Gasteiger partial charge on any atom is -0.465 e. The lowest BCUT2D eigenvalue weighted by Gasteiger charge is -2.40. The van der Waals surface area contributed by atoms with E-state index in [9.17, 15) is 4.79 Å². The Balaban J connectivity index is 2.10. The van der Waals surface area contributed by atoms with Crippen LogP contribution in [0.1, 0.15) is 52.9 Å². The molecule has 0 spiro atoms. The first-order valence-corrected chi connectivity index (χ1v) is 8.77. The Morgan fingerprint density at radius 2 is 2.10 bits per heavy atom. The van der Waals surface area contributed by atoms with Crippen molar-refractivity contribution < 1.29 is 9.53 Å². The van der Waals surface area contributed by atoms with Crippen LogP contribution in [0, 0.1) is 11.8 Å². The van der Waals surface area contributed by atoms with Crippen LogP contribution < -0.4 is 5.32 Å². The van der Waals surface area contributed by atoms with E-state index in [-0.39, 0.29) is 5.97 Å². The third-order valence-electron chi connectivity index (χ3n) is 4.82. The first-order chi connectivity index (χ1) is 10.1. The fourth-order valence-corrected chi connectivity index (χ4v) is 3.60. The van der Waals surface area contributed by atoms with Crippen molar-refractivity contribution in [2.24, 2.45) is 11.8 Å². The highest BCUT2D eigenvalue weighted by Crippen LogP contribution is 2.41. The molecule has 2 rings (SSSR count). The van der Waals surface area contributed by atoms with Crippen LogP contribution in [0.2, 0.25) is 0 Å². The standard InChI is InChI=1S/C17H32N2O2/c1-4-10-18-17(15-8-9-15,16(20)21-5-2)13-19-11-6-7-14(3)12-19/h14-15,18H,4-13H2,1-3H3. The summed E-state index contributed by atoms with van der Waals surface area (Å²) in [6.07, 6.45) is 5.91. The molecule has 21 heavy (non-hydrogen) atoms. The Morgan fingerprint density at radius 1 is 1.33 bits per heavy atom. The molecule has 2 fully saturated rings. The molecular formula is C17H32N2O2. The van der Waals surface area contributed by atoms with E-state index in [1.165, 1.54) is 12.8 Å². The minimum absolute atomic E-state index is 0.0285. The summed E-state index contributed by atoms with van der Waals surface area (Å²) in [5, 5.41) is 3.58. The van der Waals surface area contributed by atoms with E-state index in [4.69, 9.17) is 4.74 Å². The van der Waals surface area contributed by atoms with Gasteiger partial charge >= 0.3 is 5.97 Å². The van der Waals surface area contributed by atoms with Crippen LogP contribution >= 0.6 is 0 Å². The Labute approximate surface area is 129 Å². The Morgan fingerprint density at radius 3 is 2.67 bits per heavy atom. The largest absolute Gasteiger partial charge is 0.465 e. The highest BCUT2D eigenvalue weighted by molar-refractivity contribution is 5.82. The van der Waals surface area contributed by atoms with Crippen LogP contribution in [0.3, 0.4) is 0 Å². The molecule has 0 aromatic heterocycles. The van der Waals surface area contributed by atoms with E-state index in [0.717, 1.165) is 51.4 Å². The van der Waals surface area contributed by atoms with Gasteiger partial charge in [-0.1, -0.05) is 13.8 Å². The predicted octanol–water partition coefficient (Wildman–Crippen LogP) is 2.43. The number of piperidine rings is 1. The minimum atomic E-state index is -0.469.